The molecule has 0 aromatic carbocycles. The maximum Gasteiger partial charge on any atom is 0.0179 e. The molecule has 0 amide bonds. The summed E-state index contributed by atoms with van der Waals surface area (Å²) in [5.41, 5.74) is 6.70. The van der Waals surface area contributed by atoms with E-state index in [-0.39, 0.29) is 11.0 Å². The highest BCUT2D eigenvalue weighted by molar-refractivity contribution is 4.93. The first-order valence-corrected chi connectivity index (χ1v) is 4.75. The summed E-state index contributed by atoms with van der Waals surface area (Å²) in [6.07, 6.45) is 1.06. The van der Waals surface area contributed by atoms with Crippen LogP contribution in [-0.4, -0.2) is 5.54 Å². The zero-order chi connectivity index (χ0) is 10.2. The summed E-state index contributed by atoms with van der Waals surface area (Å²) in [6, 6.07) is 0. The van der Waals surface area contributed by atoms with E-state index >= 15 is 0 Å². The lowest BCUT2D eigenvalue weighted by Crippen LogP contribution is -2.50. The van der Waals surface area contributed by atoms with Gasteiger partial charge in [-0.1, -0.05) is 41.5 Å². The van der Waals surface area contributed by atoms with Crippen molar-refractivity contribution < 1.29 is 0 Å². The topological polar surface area (TPSA) is 26.0 Å². The maximum absolute atomic E-state index is 6.28. The summed E-state index contributed by atoms with van der Waals surface area (Å²) in [7, 11) is 0. The van der Waals surface area contributed by atoms with Gasteiger partial charge in [0.1, 0.15) is 0 Å². The van der Waals surface area contributed by atoms with Crippen LogP contribution in [0.15, 0.2) is 0 Å². The maximum atomic E-state index is 6.28. The van der Waals surface area contributed by atoms with Gasteiger partial charge in [-0.2, -0.15) is 0 Å². The number of rotatable bonds is 1. The van der Waals surface area contributed by atoms with Crippen molar-refractivity contribution in [3.05, 3.63) is 0 Å². The van der Waals surface area contributed by atoms with E-state index in [1.54, 1.807) is 0 Å². The first kappa shape index (κ1) is 12.0. The van der Waals surface area contributed by atoms with Gasteiger partial charge < -0.3 is 5.73 Å². The third-order valence-corrected chi connectivity index (χ3v) is 2.61. The SMILES string of the molecule is CC(C)(C)C[C@](C)(N)C(C)(C)C. The van der Waals surface area contributed by atoms with Crippen molar-refractivity contribution in [2.24, 2.45) is 16.6 Å². The standard InChI is InChI=1S/C11H25N/c1-9(2,3)8-11(7,12)10(4,5)6/h8,12H2,1-7H3/t11-/m0/s1. The number of nitrogens with two attached hydrogens (primary N) is 1. The predicted octanol–water partition coefficient (Wildman–Crippen LogP) is 3.19. The van der Waals surface area contributed by atoms with Gasteiger partial charge in [0.25, 0.3) is 0 Å². The normalized spacial score (nSPS) is 19.0. The Hall–Kier alpha value is -0.0400. The Morgan fingerprint density at radius 2 is 1.17 bits per heavy atom. The summed E-state index contributed by atoms with van der Waals surface area (Å²) in [5.74, 6) is 0. The fraction of sp³-hybridized carbons (Fsp3) is 1.00. The second-order valence-corrected chi connectivity index (χ2v) is 6.40. The molecule has 2 N–H and O–H groups in total. The van der Waals surface area contributed by atoms with Gasteiger partial charge in [0.05, 0.1) is 0 Å². The number of hydrogen-bond acceptors (Lipinski definition) is 1. The molecule has 0 aromatic heterocycles. The Kier molecular flexibility index (Phi) is 3.01. The van der Waals surface area contributed by atoms with Gasteiger partial charge >= 0.3 is 0 Å². The van der Waals surface area contributed by atoms with E-state index in [4.69, 9.17) is 5.73 Å². The van der Waals surface area contributed by atoms with Gasteiger partial charge in [0.15, 0.2) is 0 Å². The minimum Gasteiger partial charge on any atom is -0.325 e. The molecule has 0 fully saturated rings. The lowest BCUT2D eigenvalue weighted by atomic mass is 9.68. The Balaban J connectivity index is 4.44. The van der Waals surface area contributed by atoms with Gasteiger partial charge in [-0.3, -0.25) is 0 Å². The Morgan fingerprint density at radius 1 is 0.833 bits per heavy atom. The molecule has 0 spiro atoms. The second kappa shape index (κ2) is 3.02. The van der Waals surface area contributed by atoms with Gasteiger partial charge in [-0.15, -0.1) is 0 Å². The molecule has 1 nitrogen and oxygen atoms in total. The summed E-state index contributed by atoms with van der Waals surface area (Å²) < 4.78 is 0. The van der Waals surface area contributed by atoms with Crippen LogP contribution in [0, 0.1) is 10.8 Å². The van der Waals surface area contributed by atoms with E-state index in [0.717, 1.165) is 6.42 Å². The van der Waals surface area contributed by atoms with Crippen molar-refractivity contribution in [1.82, 2.24) is 0 Å². The molecule has 1 atom stereocenters. The molecule has 0 saturated heterocycles. The molecule has 0 unspecified atom stereocenters. The van der Waals surface area contributed by atoms with Crippen LogP contribution in [0.4, 0.5) is 0 Å². The average molecular weight is 171 g/mol. The minimum atomic E-state index is -0.0781. The molecule has 1 heteroatoms. The molecule has 0 rings (SSSR count). The first-order chi connectivity index (χ1) is 4.96. The van der Waals surface area contributed by atoms with Gasteiger partial charge in [-0.25, -0.2) is 0 Å². The first-order valence-electron chi connectivity index (χ1n) is 4.75. The summed E-state index contributed by atoms with van der Waals surface area (Å²) in [6.45, 7) is 15.5. The van der Waals surface area contributed by atoms with Crippen molar-refractivity contribution in [1.29, 1.82) is 0 Å². The fourth-order valence-electron chi connectivity index (χ4n) is 1.37. The minimum absolute atomic E-state index is 0.0781. The second-order valence-electron chi connectivity index (χ2n) is 6.40. The van der Waals surface area contributed by atoms with E-state index < -0.39 is 0 Å². The number of hydrogen-bond donors (Lipinski definition) is 1. The van der Waals surface area contributed by atoms with Crippen LogP contribution in [0.1, 0.15) is 54.9 Å². The highest BCUT2D eigenvalue weighted by Crippen LogP contribution is 2.37. The molecular formula is C11H25N. The summed E-state index contributed by atoms with van der Waals surface area (Å²) in [5, 5.41) is 0. The fourth-order valence-corrected chi connectivity index (χ4v) is 1.37. The predicted molar refractivity (Wildman–Crippen MR) is 56.1 cm³/mol. The molecule has 0 bridgehead atoms. The average Bonchev–Trinajstić information content (AvgIpc) is 1.52. The molecule has 0 heterocycles. The van der Waals surface area contributed by atoms with Crippen LogP contribution in [-0.2, 0) is 0 Å². The van der Waals surface area contributed by atoms with Crippen LogP contribution in [0.25, 0.3) is 0 Å². The van der Waals surface area contributed by atoms with Crippen molar-refractivity contribution in [3.63, 3.8) is 0 Å². The Morgan fingerprint density at radius 3 is 1.25 bits per heavy atom. The van der Waals surface area contributed by atoms with Crippen LogP contribution in [0.5, 0.6) is 0 Å². The molecule has 0 saturated carbocycles. The Labute approximate surface area is 77.7 Å². The smallest absolute Gasteiger partial charge is 0.0179 e. The largest absolute Gasteiger partial charge is 0.325 e. The van der Waals surface area contributed by atoms with Crippen molar-refractivity contribution in [3.8, 4) is 0 Å². The molecule has 0 aliphatic carbocycles. The zero-order valence-corrected chi connectivity index (χ0v) is 9.78. The van der Waals surface area contributed by atoms with Crippen LogP contribution in [0.3, 0.4) is 0 Å². The molecule has 0 aromatic rings. The van der Waals surface area contributed by atoms with Gasteiger partial charge in [0.2, 0.25) is 0 Å². The van der Waals surface area contributed by atoms with E-state index in [1.807, 2.05) is 0 Å². The van der Waals surface area contributed by atoms with E-state index in [2.05, 4.69) is 48.5 Å². The van der Waals surface area contributed by atoms with Gasteiger partial charge in [0, 0.05) is 5.54 Å². The third-order valence-electron chi connectivity index (χ3n) is 2.61. The third kappa shape index (κ3) is 3.57. The Bertz CT molecular complexity index is 143. The van der Waals surface area contributed by atoms with Crippen molar-refractivity contribution in [2.45, 2.75) is 60.4 Å². The lowest BCUT2D eigenvalue weighted by molar-refractivity contribution is 0.141. The summed E-state index contributed by atoms with van der Waals surface area (Å²) >= 11 is 0. The zero-order valence-electron chi connectivity index (χ0n) is 9.78. The molecule has 74 valence electrons. The van der Waals surface area contributed by atoms with Crippen LogP contribution in [0.2, 0.25) is 0 Å². The monoisotopic (exact) mass is 171 g/mol. The van der Waals surface area contributed by atoms with Crippen molar-refractivity contribution >= 4 is 0 Å². The van der Waals surface area contributed by atoms with Gasteiger partial charge in [-0.05, 0) is 24.2 Å². The van der Waals surface area contributed by atoms with E-state index in [1.165, 1.54) is 0 Å². The van der Waals surface area contributed by atoms with Crippen LogP contribution < -0.4 is 5.73 Å². The molecule has 0 aliphatic heterocycles. The van der Waals surface area contributed by atoms with E-state index in [0.29, 0.717) is 5.41 Å². The van der Waals surface area contributed by atoms with Crippen LogP contribution >= 0.6 is 0 Å². The molecule has 12 heavy (non-hydrogen) atoms. The molecule has 0 aliphatic rings. The van der Waals surface area contributed by atoms with Crippen molar-refractivity contribution in [2.75, 3.05) is 0 Å². The van der Waals surface area contributed by atoms with E-state index in [9.17, 15) is 0 Å². The summed E-state index contributed by atoms with van der Waals surface area (Å²) in [4.78, 5) is 0. The lowest BCUT2D eigenvalue weighted by Gasteiger charge is -2.42. The highest BCUT2D eigenvalue weighted by atomic mass is 14.8. The quantitative estimate of drug-likeness (QED) is 0.644. The molecular weight excluding hydrogens is 146 g/mol. The highest BCUT2D eigenvalue weighted by Gasteiger charge is 2.36. The molecule has 0 radical (unpaired) electrons.